The Morgan fingerprint density at radius 2 is 2.00 bits per heavy atom. The fourth-order valence-corrected chi connectivity index (χ4v) is 4.73. The van der Waals surface area contributed by atoms with E-state index in [4.69, 9.17) is 5.73 Å². The number of thioether (sulfide) groups is 2. The van der Waals surface area contributed by atoms with Gasteiger partial charge in [-0.05, 0) is 30.8 Å². The Hall–Kier alpha value is -0.0000000000000000555. The lowest BCUT2D eigenvalue weighted by Crippen LogP contribution is -2.27. The molecule has 0 spiro atoms. The van der Waals surface area contributed by atoms with Gasteiger partial charge in [-0.15, -0.1) is 0 Å². The van der Waals surface area contributed by atoms with Crippen LogP contribution in [0.5, 0.6) is 0 Å². The van der Waals surface area contributed by atoms with Crippen LogP contribution in [0.25, 0.3) is 0 Å². The highest BCUT2D eigenvalue weighted by molar-refractivity contribution is 8.00. The van der Waals surface area contributed by atoms with Gasteiger partial charge in [0.2, 0.25) is 0 Å². The molecule has 0 aromatic rings. The van der Waals surface area contributed by atoms with Gasteiger partial charge in [0.05, 0.1) is 6.54 Å². The number of nitrogens with two attached hydrogens (primary N) is 1. The molecule has 1 rings (SSSR count). The lowest BCUT2D eigenvalue weighted by Gasteiger charge is -2.18. The third-order valence-electron chi connectivity index (χ3n) is 3.56. The summed E-state index contributed by atoms with van der Waals surface area (Å²) in [7, 11) is 0. The van der Waals surface area contributed by atoms with Crippen LogP contribution in [0.15, 0.2) is 0 Å². The molecule has 0 aromatic heterocycles. The van der Waals surface area contributed by atoms with E-state index in [1.807, 2.05) is 23.5 Å². The van der Waals surface area contributed by atoms with Crippen LogP contribution in [0, 0.1) is 11.8 Å². The first-order valence-corrected chi connectivity index (χ1v) is 9.41. The third kappa shape index (κ3) is 6.32. The van der Waals surface area contributed by atoms with Gasteiger partial charge in [-0.25, -0.2) is 0 Å². The molecule has 5 heteroatoms. The fourth-order valence-electron chi connectivity index (χ4n) is 2.18. The number of rotatable bonds is 3. The molecule has 2 N–H and O–H groups in total. The van der Waals surface area contributed by atoms with Crippen molar-refractivity contribution in [2.45, 2.75) is 32.6 Å². The molecule has 0 aromatic carbocycles. The normalized spacial score (nSPS) is 27.4. The number of hydrogen-bond donors (Lipinski definition) is 1. The van der Waals surface area contributed by atoms with E-state index in [0.29, 0.717) is 18.6 Å². The predicted octanol–water partition coefficient (Wildman–Crippen LogP) is 2.38. The minimum atomic E-state index is -0.0245. The lowest BCUT2D eigenvalue weighted by atomic mass is 9.93. The second kappa shape index (κ2) is 9.83. The molecule has 0 radical (unpaired) electrons. The van der Waals surface area contributed by atoms with Crippen molar-refractivity contribution in [1.82, 2.24) is 0 Å². The first kappa shape index (κ1) is 17.1. The predicted molar refractivity (Wildman–Crippen MR) is 84.8 cm³/mol. The van der Waals surface area contributed by atoms with E-state index in [9.17, 15) is 9.59 Å². The number of ketones is 2. The molecular weight excluding hydrogens is 278 g/mol. The molecule has 19 heavy (non-hydrogen) atoms. The Balaban J connectivity index is 2.59. The van der Waals surface area contributed by atoms with Crippen LogP contribution in [0.4, 0.5) is 0 Å². The van der Waals surface area contributed by atoms with Crippen LogP contribution in [-0.2, 0) is 9.59 Å². The smallest absolute Gasteiger partial charge is 0.150 e. The van der Waals surface area contributed by atoms with Crippen LogP contribution in [0.2, 0.25) is 0 Å². The van der Waals surface area contributed by atoms with Gasteiger partial charge >= 0.3 is 0 Å². The molecule has 0 amide bonds. The first-order valence-electron chi connectivity index (χ1n) is 7.10. The molecule has 2 atom stereocenters. The van der Waals surface area contributed by atoms with E-state index in [0.717, 1.165) is 35.9 Å². The SMILES string of the molecule is CC[C@H]1CSCCCSC[C@@H](C(=O)CN)CCC1=O. The Morgan fingerprint density at radius 3 is 2.63 bits per heavy atom. The summed E-state index contributed by atoms with van der Waals surface area (Å²) in [5.74, 6) is 4.57. The average Bonchev–Trinajstić information content (AvgIpc) is 2.42. The summed E-state index contributed by atoms with van der Waals surface area (Å²) in [4.78, 5) is 23.9. The monoisotopic (exact) mass is 303 g/mol. The quantitative estimate of drug-likeness (QED) is 0.867. The van der Waals surface area contributed by atoms with Crippen molar-refractivity contribution in [3.8, 4) is 0 Å². The third-order valence-corrected chi connectivity index (χ3v) is 5.99. The standard InChI is InChI=1S/C14H25NO2S2/c1-2-11-9-18-6-3-7-19-10-12(14(17)8-15)4-5-13(11)16/h11-12H,2-10,15H2,1H3/t11-,12-/m0/s1. The summed E-state index contributed by atoms with van der Waals surface area (Å²) in [6, 6.07) is 0. The molecular formula is C14H25NO2S2. The molecule has 110 valence electrons. The van der Waals surface area contributed by atoms with Crippen molar-refractivity contribution >= 4 is 35.1 Å². The first-order chi connectivity index (χ1) is 9.19. The Labute approximate surface area is 124 Å². The van der Waals surface area contributed by atoms with E-state index in [1.54, 1.807) is 0 Å². The van der Waals surface area contributed by atoms with Crippen molar-refractivity contribution in [2.75, 3.05) is 29.6 Å². The van der Waals surface area contributed by atoms with Crippen LogP contribution >= 0.6 is 23.5 Å². The number of carbonyl (C=O) groups excluding carboxylic acids is 2. The molecule has 0 saturated carbocycles. The maximum atomic E-state index is 12.2. The molecule has 1 aliphatic rings. The highest BCUT2D eigenvalue weighted by Crippen LogP contribution is 2.22. The van der Waals surface area contributed by atoms with Gasteiger partial charge in [0.1, 0.15) is 11.6 Å². The van der Waals surface area contributed by atoms with Gasteiger partial charge < -0.3 is 5.73 Å². The largest absolute Gasteiger partial charge is 0.324 e. The zero-order chi connectivity index (χ0) is 14.1. The highest BCUT2D eigenvalue weighted by atomic mass is 32.2. The average molecular weight is 303 g/mol. The van der Waals surface area contributed by atoms with Gasteiger partial charge in [0, 0.05) is 29.8 Å². The Bertz CT molecular complexity index is 297. The van der Waals surface area contributed by atoms with Gasteiger partial charge in [0.25, 0.3) is 0 Å². The van der Waals surface area contributed by atoms with Crippen molar-refractivity contribution in [3.63, 3.8) is 0 Å². The summed E-state index contributed by atoms with van der Waals surface area (Å²) >= 11 is 3.72. The molecule has 0 unspecified atom stereocenters. The molecule has 0 aliphatic carbocycles. The van der Waals surface area contributed by atoms with Crippen LogP contribution in [0.3, 0.4) is 0 Å². The Morgan fingerprint density at radius 1 is 1.32 bits per heavy atom. The van der Waals surface area contributed by atoms with Gasteiger partial charge in [-0.1, -0.05) is 6.92 Å². The van der Waals surface area contributed by atoms with Crippen molar-refractivity contribution in [2.24, 2.45) is 17.6 Å². The highest BCUT2D eigenvalue weighted by Gasteiger charge is 2.22. The minimum Gasteiger partial charge on any atom is -0.324 e. The molecule has 1 saturated heterocycles. The second-order valence-corrected chi connectivity index (χ2v) is 7.28. The van der Waals surface area contributed by atoms with E-state index < -0.39 is 0 Å². The summed E-state index contributed by atoms with van der Waals surface area (Å²) in [6.07, 6.45) is 3.29. The number of hydrogen-bond acceptors (Lipinski definition) is 5. The van der Waals surface area contributed by atoms with Crippen molar-refractivity contribution < 1.29 is 9.59 Å². The van der Waals surface area contributed by atoms with Gasteiger partial charge in [0.15, 0.2) is 0 Å². The van der Waals surface area contributed by atoms with Crippen LogP contribution < -0.4 is 5.73 Å². The Kier molecular flexibility index (Phi) is 8.83. The zero-order valence-electron chi connectivity index (χ0n) is 11.7. The van der Waals surface area contributed by atoms with E-state index >= 15 is 0 Å². The maximum Gasteiger partial charge on any atom is 0.150 e. The second-order valence-electron chi connectivity index (χ2n) is 4.98. The molecule has 1 fully saturated rings. The zero-order valence-corrected chi connectivity index (χ0v) is 13.4. The van der Waals surface area contributed by atoms with Crippen molar-refractivity contribution in [3.05, 3.63) is 0 Å². The molecule has 1 aliphatic heterocycles. The van der Waals surface area contributed by atoms with Crippen molar-refractivity contribution in [1.29, 1.82) is 0 Å². The van der Waals surface area contributed by atoms with E-state index in [2.05, 4.69) is 6.92 Å². The maximum absolute atomic E-state index is 12.2. The summed E-state index contributed by atoms with van der Waals surface area (Å²) in [5, 5.41) is 0. The molecule has 1 heterocycles. The molecule has 0 bridgehead atoms. The van der Waals surface area contributed by atoms with Gasteiger partial charge in [-0.2, -0.15) is 23.5 Å². The summed E-state index contributed by atoms with van der Waals surface area (Å²) in [6.45, 7) is 2.18. The fraction of sp³-hybridized carbons (Fsp3) is 0.857. The molecule has 3 nitrogen and oxygen atoms in total. The summed E-state index contributed by atoms with van der Waals surface area (Å²) < 4.78 is 0. The number of carbonyl (C=O) groups is 2. The lowest BCUT2D eigenvalue weighted by molar-refractivity contribution is -0.123. The van der Waals surface area contributed by atoms with E-state index in [-0.39, 0.29) is 24.2 Å². The van der Waals surface area contributed by atoms with E-state index in [1.165, 1.54) is 0 Å². The van der Waals surface area contributed by atoms with Gasteiger partial charge in [-0.3, -0.25) is 9.59 Å². The topological polar surface area (TPSA) is 60.2 Å². The minimum absolute atomic E-state index is 0.0245. The van der Waals surface area contributed by atoms with Crippen LogP contribution in [-0.4, -0.2) is 41.1 Å². The number of Topliss-reactive ketones (excluding diaryl/α,β-unsaturated/α-hetero) is 2. The summed E-state index contributed by atoms with van der Waals surface area (Å²) in [5.41, 5.74) is 5.46. The van der Waals surface area contributed by atoms with Crippen LogP contribution in [0.1, 0.15) is 32.6 Å².